The summed E-state index contributed by atoms with van der Waals surface area (Å²) in [5, 5.41) is 17.0. The summed E-state index contributed by atoms with van der Waals surface area (Å²) in [6.45, 7) is 0.638. The van der Waals surface area contributed by atoms with Gasteiger partial charge in [-0.15, -0.1) is 0 Å². The average Bonchev–Trinajstić information content (AvgIpc) is 2.93. The third-order valence-electron chi connectivity index (χ3n) is 4.72. The number of guanidine groups is 1. The first-order valence-corrected chi connectivity index (χ1v) is 11.5. The molecule has 0 saturated heterocycles. The highest BCUT2D eigenvalue weighted by Crippen LogP contribution is 2.18. The van der Waals surface area contributed by atoms with Crippen LogP contribution in [0.5, 0.6) is 17.5 Å². The zero-order chi connectivity index (χ0) is 29.5. The molecule has 0 fully saturated rings. The molecule has 0 aliphatic rings. The van der Waals surface area contributed by atoms with Gasteiger partial charge in [0.05, 0.1) is 32.2 Å². The van der Waals surface area contributed by atoms with Gasteiger partial charge in [0.1, 0.15) is 18.1 Å². The Labute approximate surface area is 228 Å². The highest BCUT2D eigenvalue weighted by molar-refractivity contribution is 5.74. The first-order valence-electron chi connectivity index (χ1n) is 11.5. The number of hydrogen-bond acceptors (Lipinski definition) is 7. The van der Waals surface area contributed by atoms with Crippen LogP contribution in [0.3, 0.4) is 0 Å². The van der Waals surface area contributed by atoms with E-state index in [1.807, 2.05) is 78.9 Å². The number of rotatable bonds is 10. The molecule has 1 heterocycles. The number of nitrogens with one attached hydrogen (secondary N) is 2. The van der Waals surface area contributed by atoms with Crippen LogP contribution < -0.4 is 25.3 Å². The minimum Gasteiger partial charge on any atom is -0.497 e. The molecule has 0 aliphatic carbocycles. The van der Waals surface area contributed by atoms with Gasteiger partial charge in [-0.2, -0.15) is 23.1 Å². The zero-order valence-corrected chi connectivity index (χ0v) is 21.6. The van der Waals surface area contributed by atoms with Crippen molar-refractivity contribution < 1.29 is 37.3 Å². The predicted octanol–water partition coefficient (Wildman–Crippen LogP) is 4.33. The maximum atomic E-state index is 10.6. The summed E-state index contributed by atoms with van der Waals surface area (Å²) in [6.07, 6.45) is 2.59. The third-order valence-corrected chi connectivity index (χ3v) is 4.72. The van der Waals surface area contributed by atoms with Crippen LogP contribution in [0.2, 0.25) is 0 Å². The molecule has 10 nitrogen and oxygen atoms in total. The maximum absolute atomic E-state index is 10.6. The first-order chi connectivity index (χ1) is 19.0. The lowest BCUT2D eigenvalue weighted by Crippen LogP contribution is -2.33. The summed E-state index contributed by atoms with van der Waals surface area (Å²) in [5.74, 6) is -1.31. The van der Waals surface area contributed by atoms with Crippen molar-refractivity contribution in [1.82, 2.24) is 15.3 Å². The molecule has 0 amide bonds. The number of nitrogens with zero attached hydrogens (tertiary/aromatic N) is 2. The summed E-state index contributed by atoms with van der Waals surface area (Å²) in [7, 11) is 3.28. The zero-order valence-electron chi connectivity index (χ0n) is 21.6. The fourth-order valence-electron chi connectivity index (χ4n) is 2.88. The molecule has 3 rings (SSSR count). The summed E-state index contributed by atoms with van der Waals surface area (Å²) < 4.78 is 48.0. The van der Waals surface area contributed by atoms with E-state index in [-0.39, 0.29) is 18.6 Å². The number of halogens is 3. The van der Waals surface area contributed by atoms with Crippen LogP contribution in [0.1, 0.15) is 22.5 Å². The van der Waals surface area contributed by atoms with Gasteiger partial charge in [-0.3, -0.25) is 5.41 Å². The lowest BCUT2D eigenvalue weighted by molar-refractivity contribution is -0.192. The Bertz CT molecular complexity index is 1270. The van der Waals surface area contributed by atoms with Gasteiger partial charge in [-0.25, -0.2) is 4.79 Å². The number of carbonyl (C=O) groups is 1. The predicted molar refractivity (Wildman–Crippen MR) is 145 cm³/mol. The van der Waals surface area contributed by atoms with Crippen molar-refractivity contribution in [2.24, 2.45) is 5.73 Å². The van der Waals surface area contributed by atoms with Crippen LogP contribution in [-0.2, 0) is 4.79 Å². The van der Waals surface area contributed by atoms with Gasteiger partial charge in [-0.05, 0) is 53.6 Å². The topological polar surface area (TPSA) is 153 Å². The molecule has 0 spiro atoms. The Morgan fingerprint density at radius 2 is 1.43 bits per heavy atom. The van der Waals surface area contributed by atoms with Gasteiger partial charge in [-0.1, -0.05) is 36.4 Å². The van der Waals surface area contributed by atoms with Crippen LogP contribution in [0.15, 0.2) is 54.6 Å². The molecule has 212 valence electrons. The number of nitrogens with two attached hydrogens (primary N) is 1. The van der Waals surface area contributed by atoms with E-state index in [0.717, 1.165) is 22.6 Å². The van der Waals surface area contributed by atoms with Gasteiger partial charge in [0, 0.05) is 0 Å². The third kappa shape index (κ3) is 11.5. The maximum Gasteiger partial charge on any atom is 0.490 e. The van der Waals surface area contributed by atoms with E-state index in [0.29, 0.717) is 17.9 Å². The number of benzene rings is 2. The van der Waals surface area contributed by atoms with Crippen LogP contribution >= 0.6 is 0 Å². The Balaban J connectivity index is 0.000000708. The highest BCUT2D eigenvalue weighted by Gasteiger charge is 2.38. The van der Waals surface area contributed by atoms with Crippen molar-refractivity contribution in [2.45, 2.75) is 6.18 Å². The molecular formula is C27H28F3N5O5. The van der Waals surface area contributed by atoms with Crippen LogP contribution in [0.4, 0.5) is 13.2 Å². The van der Waals surface area contributed by atoms with Crippen molar-refractivity contribution in [3.63, 3.8) is 0 Å². The molecular weight excluding hydrogens is 531 g/mol. The molecule has 13 heteroatoms. The normalized spacial score (nSPS) is 11.0. The molecule has 0 radical (unpaired) electrons. The largest absolute Gasteiger partial charge is 0.497 e. The van der Waals surface area contributed by atoms with E-state index in [4.69, 9.17) is 35.3 Å². The molecule has 2 aromatic carbocycles. The minimum atomic E-state index is -5.08. The summed E-state index contributed by atoms with van der Waals surface area (Å²) in [4.78, 5) is 17.8. The van der Waals surface area contributed by atoms with Gasteiger partial charge in [0.2, 0.25) is 0 Å². The van der Waals surface area contributed by atoms with Gasteiger partial charge in [0.15, 0.2) is 5.96 Å². The standard InChI is InChI=1S/C25H27N5O3.C2HF3O2/c1-31-22-7-3-5-18(15-22)9-11-20-17-21(12-10-19-6-4-8-23(16-19)32-2)30-25(29-20)33-14-13-28-24(26)27;3-2(4,5)1(6)7/h3-12,15-17H,13-14H2,1-2H3,(H4,26,27,28);(H,6,7). The molecule has 0 unspecified atom stereocenters. The van der Waals surface area contributed by atoms with Crippen LogP contribution in [0, 0.1) is 5.41 Å². The Morgan fingerprint density at radius 1 is 0.950 bits per heavy atom. The molecule has 1 aromatic heterocycles. The van der Waals surface area contributed by atoms with E-state index in [1.165, 1.54) is 0 Å². The van der Waals surface area contributed by atoms with Crippen LogP contribution in [0.25, 0.3) is 24.3 Å². The second-order valence-electron chi connectivity index (χ2n) is 7.71. The number of ether oxygens (including phenoxy) is 3. The molecule has 0 bridgehead atoms. The lowest BCUT2D eigenvalue weighted by atomic mass is 10.1. The number of aromatic nitrogens is 2. The second kappa shape index (κ2) is 15.4. The number of carboxylic acids is 1. The summed E-state index contributed by atoms with van der Waals surface area (Å²) >= 11 is 0. The van der Waals surface area contributed by atoms with E-state index in [9.17, 15) is 13.2 Å². The first kappa shape index (κ1) is 31.1. The van der Waals surface area contributed by atoms with Crippen molar-refractivity contribution >= 4 is 36.2 Å². The number of methoxy groups -OCH3 is 2. The highest BCUT2D eigenvalue weighted by atomic mass is 19.4. The van der Waals surface area contributed by atoms with E-state index in [2.05, 4.69) is 15.3 Å². The van der Waals surface area contributed by atoms with Crippen molar-refractivity contribution in [3.8, 4) is 17.5 Å². The lowest BCUT2D eigenvalue weighted by Gasteiger charge is -2.07. The number of hydrogen-bond donors (Lipinski definition) is 4. The molecule has 5 N–H and O–H groups in total. The fourth-order valence-corrected chi connectivity index (χ4v) is 2.88. The van der Waals surface area contributed by atoms with Gasteiger partial charge in [0.25, 0.3) is 0 Å². The van der Waals surface area contributed by atoms with E-state index < -0.39 is 12.1 Å². The molecule has 0 saturated carbocycles. The van der Waals surface area contributed by atoms with Gasteiger partial charge >= 0.3 is 18.2 Å². The molecule has 0 atom stereocenters. The SMILES string of the molecule is COc1cccc(C=Cc2cc(C=Cc3cccc(OC)c3)nc(OCCNC(=N)N)n2)c1.O=C(O)C(F)(F)F. The number of carboxylic acid groups (broad SMARTS) is 1. The molecule has 0 aliphatic heterocycles. The summed E-state index contributed by atoms with van der Waals surface area (Å²) in [5.41, 5.74) is 8.64. The smallest absolute Gasteiger partial charge is 0.490 e. The monoisotopic (exact) mass is 559 g/mol. The Kier molecular flexibility index (Phi) is 12.0. The minimum absolute atomic E-state index is 0.114. The molecule has 3 aromatic rings. The van der Waals surface area contributed by atoms with E-state index >= 15 is 0 Å². The summed E-state index contributed by atoms with van der Waals surface area (Å²) in [6, 6.07) is 17.6. The Hall–Kier alpha value is -5.07. The van der Waals surface area contributed by atoms with Crippen molar-refractivity contribution in [2.75, 3.05) is 27.4 Å². The van der Waals surface area contributed by atoms with E-state index in [1.54, 1.807) is 14.2 Å². The van der Waals surface area contributed by atoms with Crippen molar-refractivity contribution in [3.05, 3.63) is 77.1 Å². The number of alkyl halides is 3. The average molecular weight is 560 g/mol. The number of aliphatic carboxylic acids is 1. The van der Waals surface area contributed by atoms with Crippen molar-refractivity contribution in [1.29, 1.82) is 5.41 Å². The molecule has 40 heavy (non-hydrogen) atoms. The van der Waals surface area contributed by atoms with Gasteiger partial charge < -0.3 is 30.4 Å². The quantitative estimate of drug-likeness (QED) is 0.162. The fraction of sp³-hybridized carbons (Fsp3) is 0.185. The second-order valence-corrected chi connectivity index (χ2v) is 7.71. The van der Waals surface area contributed by atoms with Crippen LogP contribution in [-0.4, -0.2) is 60.6 Å². The Morgan fingerprint density at radius 3 is 1.82 bits per heavy atom.